The zero-order chi connectivity index (χ0) is 38.0. The van der Waals surface area contributed by atoms with E-state index in [2.05, 4.69) is 29.5 Å². The third kappa shape index (κ3) is 8.34. The van der Waals surface area contributed by atoms with Gasteiger partial charge in [-0.1, -0.05) is 40.2 Å². The molecule has 5 aliphatic rings. The van der Waals surface area contributed by atoms with Gasteiger partial charge in [0.25, 0.3) is 0 Å². The second-order valence-electron chi connectivity index (χ2n) is 16.7. The SMILES string of the molecule is CC[C@H]1OC(=O)[C@]2(C)CCO[C@](C)(C[C@@H](C)CC[C@H](C)[C@H]3NC(=O)O[C@@]31C)[C@H](O[C@@H]1O[C@H](CNCc3cccnc3)C[C@H](N(C)C)[C@H]1O)[C@@H](C)C2=O. The first kappa shape index (κ1) is 40.5. The number of fused-ring (bicyclic) bond motifs is 10. The molecule has 0 saturated carbocycles. The van der Waals surface area contributed by atoms with E-state index >= 15 is 0 Å². The fourth-order valence-electron chi connectivity index (χ4n) is 9.11. The third-order valence-electron chi connectivity index (χ3n) is 12.3. The van der Waals surface area contributed by atoms with Gasteiger partial charge >= 0.3 is 12.1 Å². The number of rotatable bonds is 8. The Morgan fingerprint density at radius 3 is 2.56 bits per heavy atom. The van der Waals surface area contributed by atoms with E-state index in [9.17, 15) is 19.5 Å². The molecule has 13 heteroatoms. The fourth-order valence-corrected chi connectivity index (χ4v) is 9.11. The number of ketones is 1. The molecular formula is C39H62N4O9. The lowest BCUT2D eigenvalue weighted by Crippen LogP contribution is -2.62. The number of aliphatic hydroxyl groups is 1. The molecule has 0 aromatic carbocycles. The largest absolute Gasteiger partial charge is 0.457 e. The number of nitrogens with one attached hydrogen (secondary N) is 2. The predicted molar refractivity (Wildman–Crippen MR) is 193 cm³/mol. The number of esters is 1. The Labute approximate surface area is 309 Å². The number of pyridine rings is 1. The van der Waals surface area contributed by atoms with E-state index in [1.807, 2.05) is 58.1 Å². The van der Waals surface area contributed by atoms with Gasteiger partial charge in [0.1, 0.15) is 17.6 Å². The number of aliphatic hydroxyl groups excluding tert-OH is 1. The average molecular weight is 731 g/mol. The van der Waals surface area contributed by atoms with Crippen molar-refractivity contribution < 1.29 is 43.2 Å². The van der Waals surface area contributed by atoms with Gasteiger partial charge in [0.05, 0.1) is 23.9 Å². The maximum atomic E-state index is 14.7. The molecule has 5 aliphatic heterocycles. The highest BCUT2D eigenvalue weighted by atomic mass is 16.7. The van der Waals surface area contributed by atoms with Crippen molar-refractivity contribution in [2.24, 2.45) is 23.2 Å². The number of carbonyl (C=O) groups excluding carboxylic acids is 3. The Morgan fingerprint density at radius 2 is 1.88 bits per heavy atom. The van der Waals surface area contributed by atoms with Crippen molar-refractivity contribution in [3.8, 4) is 0 Å². The van der Waals surface area contributed by atoms with E-state index in [1.54, 1.807) is 20.0 Å². The molecule has 13 nitrogen and oxygen atoms in total. The summed E-state index contributed by atoms with van der Waals surface area (Å²) < 4.78 is 32.2. The van der Waals surface area contributed by atoms with E-state index in [1.165, 1.54) is 0 Å². The van der Waals surface area contributed by atoms with Crippen LogP contribution >= 0.6 is 0 Å². The van der Waals surface area contributed by atoms with Gasteiger partial charge in [-0.05, 0) is 90.4 Å². The number of hydrogen-bond acceptors (Lipinski definition) is 12. The second-order valence-corrected chi connectivity index (χ2v) is 16.7. The molecule has 3 N–H and O–H groups in total. The van der Waals surface area contributed by atoms with E-state index in [0.717, 1.165) is 18.4 Å². The minimum atomic E-state index is -1.56. The number of Topliss-reactive ketones (excluding diaryl/α,β-unsaturated/α-hetero) is 1. The normalized spacial score (nSPS) is 42.0. The molecule has 6 heterocycles. The summed E-state index contributed by atoms with van der Waals surface area (Å²) in [6.07, 6.45) is 2.23. The Morgan fingerprint density at radius 1 is 1.13 bits per heavy atom. The Kier molecular flexibility index (Phi) is 12.7. The number of nitrogens with zero attached hydrogens (tertiary/aromatic N) is 2. The van der Waals surface area contributed by atoms with Gasteiger partial charge < -0.3 is 44.3 Å². The number of carbonyl (C=O) groups is 3. The molecule has 0 radical (unpaired) electrons. The summed E-state index contributed by atoms with van der Waals surface area (Å²) >= 11 is 0. The van der Waals surface area contributed by atoms with Crippen LogP contribution in [-0.4, -0.2) is 114 Å². The maximum Gasteiger partial charge on any atom is 0.408 e. The number of amides is 1. The van der Waals surface area contributed by atoms with Crippen LogP contribution in [0.2, 0.25) is 0 Å². The van der Waals surface area contributed by atoms with Crippen molar-refractivity contribution in [2.75, 3.05) is 27.2 Å². The molecule has 1 aromatic heterocycles. The van der Waals surface area contributed by atoms with Crippen LogP contribution in [0.25, 0.3) is 0 Å². The van der Waals surface area contributed by atoms with Gasteiger partial charge in [-0.25, -0.2) is 4.79 Å². The summed E-state index contributed by atoms with van der Waals surface area (Å²) in [6.45, 7) is 14.5. The van der Waals surface area contributed by atoms with Gasteiger partial charge in [0, 0.05) is 44.0 Å². The van der Waals surface area contributed by atoms with Crippen molar-refractivity contribution >= 4 is 17.8 Å². The minimum Gasteiger partial charge on any atom is -0.457 e. The molecule has 52 heavy (non-hydrogen) atoms. The van der Waals surface area contributed by atoms with Crippen molar-refractivity contribution in [1.82, 2.24) is 20.5 Å². The lowest BCUT2D eigenvalue weighted by molar-refractivity contribution is -0.301. The van der Waals surface area contributed by atoms with Gasteiger partial charge in [-0.15, -0.1) is 0 Å². The van der Waals surface area contributed by atoms with E-state index in [4.69, 9.17) is 23.7 Å². The molecular weight excluding hydrogens is 668 g/mol. The number of aromatic nitrogens is 1. The molecule has 2 bridgehead atoms. The Bertz CT molecular complexity index is 1400. The van der Waals surface area contributed by atoms with Crippen LogP contribution in [0, 0.1) is 23.2 Å². The van der Waals surface area contributed by atoms with Crippen LogP contribution in [0.5, 0.6) is 0 Å². The number of alkyl carbamates (subject to hydrolysis) is 1. The maximum absolute atomic E-state index is 14.7. The van der Waals surface area contributed by atoms with Crippen LogP contribution < -0.4 is 10.6 Å². The first-order valence-electron chi connectivity index (χ1n) is 19.2. The van der Waals surface area contributed by atoms with Crippen LogP contribution in [0.3, 0.4) is 0 Å². The summed E-state index contributed by atoms with van der Waals surface area (Å²) in [5.74, 6) is -1.69. The van der Waals surface area contributed by atoms with Crippen LogP contribution in [0.4, 0.5) is 4.79 Å². The summed E-state index contributed by atoms with van der Waals surface area (Å²) in [7, 11) is 3.85. The standard InChI is InChI=1S/C39H62N4O9/c1-10-29-39(7)31(42-36(47)52-39)24(3)14-13-23(2)19-38(6)33(25(4)32(45)37(5,15-17-48-38)35(46)50-29)51-34-30(44)28(43(8)9)18-27(49-34)22-41-21-26-12-11-16-40-20-26/h11-12,16,20,23-25,27-31,33-34,41,44H,10,13-15,17-19,21-22H2,1-9H3,(H,42,47)/t23-,24-,25-,27-,28-,29+,30+,31+,33+,34-,37+,38+,39+/m0/s1. The average Bonchev–Trinajstić information content (AvgIpc) is 3.42. The number of likely N-dealkylation sites (N-methyl/N-ethyl adjacent to an activating group) is 1. The molecule has 0 aliphatic carbocycles. The highest BCUT2D eigenvalue weighted by Crippen LogP contribution is 2.44. The van der Waals surface area contributed by atoms with Crippen LogP contribution in [-0.2, 0) is 39.8 Å². The predicted octanol–water partition coefficient (Wildman–Crippen LogP) is 4.00. The van der Waals surface area contributed by atoms with Crippen molar-refractivity contribution in [1.29, 1.82) is 0 Å². The number of hydrogen-bond donors (Lipinski definition) is 3. The van der Waals surface area contributed by atoms with Crippen LogP contribution in [0.1, 0.15) is 92.6 Å². The van der Waals surface area contributed by atoms with E-state index in [0.29, 0.717) is 32.4 Å². The van der Waals surface area contributed by atoms with Gasteiger partial charge in [-0.3, -0.25) is 14.6 Å². The molecule has 13 atom stereocenters. The fraction of sp³-hybridized carbons (Fsp3) is 0.795. The van der Waals surface area contributed by atoms with Crippen molar-refractivity contribution in [3.05, 3.63) is 30.1 Å². The topological polar surface area (TPSA) is 158 Å². The summed E-state index contributed by atoms with van der Waals surface area (Å²) in [5, 5.41) is 18.2. The zero-order valence-corrected chi connectivity index (χ0v) is 32.6. The molecule has 292 valence electrons. The monoisotopic (exact) mass is 730 g/mol. The first-order chi connectivity index (χ1) is 24.5. The minimum absolute atomic E-state index is 0.00511. The highest BCUT2D eigenvalue weighted by Gasteiger charge is 2.58. The molecule has 5 saturated heterocycles. The van der Waals surface area contributed by atoms with Gasteiger partial charge in [-0.2, -0.15) is 0 Å². The summed E-state index contributed by atoms with van der Waals surface area (Å²) in [4.78, 5) is 47.8. The second kappa shape index (κ2) is 16.4. The van der Waals surface area contributed by atoms with E-state index in [-0.39, 0.29) is 48.8 Å². The Balaban J connectivity index is 1.46. The van der Waals surface area contributed by atoms with E-state index < -0.39 is 59.2 Å². The molecule has 5 fully saturated rings. The molecule has 6 rings (SSSR count). The quantitative estimate of drug-likeness (QED) is 0.261. The molecule has 0 spiro atoms. The van der Waals surface area contributed by atoms with Crippen LogP contribution in [0.15, 0.2) is 24.5 Å². The summed E-state index contributed by atoms with van der Waals surface area (Å²) in [6, 6.07) is 3.24. The lowest BCUT2D eigenvalue weighted by Gasteiger charge is -2.49. The molecule has 1 aromatic rings. The lowest BCUT2D eigenvalue weighted by atomic mass is 9.70. The summed E-state index contributed by atoms with van der Waals surface area (Å²) in [5.41, 5.74) is -2.59. The Hall–Kier alpha value is -2.68. The molecule has 1 amide bonds. The van der Waals surface area contributed by atoms with Crippen molar-refractivity contribution in [2.45, 2.75) is 148 Å². The zero-order valence-electron chi connectivity index (χ0n) is 32.6. The molecule has 0 unspecified atom stereocenters. The van der Waals surface area contributed by atoms with Gasteiger partial charge in [0.15, 0.2) is 17.7 Å². The van der Waals surface area contributed by atoms with Gasteiger partial charge in [0.2, 0.25) is 0 Å². The smallest absolute Gasteiger partial charge is 0.408 e. The number of ether oxygens (including phenoxy) is 5. The first-order valence-corrected chi connectivity index (χ1v) is 19.2. The van der Waals surface area contributed by atoms with Crippen molar-refractivity contribution in [3.63, 3.8) is 0 Å². The highest BCUT2D eigenvalue weighted by molar-refractivity contribution is 6.04. The third-order valence-corrected chi connectivity index (χ3v) is 12.3.